The van der Waals surface area contributed by atoms with Gasteiger partial charge >= 0.3 is 0 Å². The normalized spacial score (nSPS) is 15.6. The molecule has 0 amide bonds. The molecule has 2 aromatic heterocycles. The van der Waals surface area contributed by atoms with Crippen molar-refractivity contribution in [3.63, 3.8) is 0 Å². The van der Waals surface area contributed by atoms with Crippen LogP contribution in [0.1, 0.15) is 151 Å². The van der Waals surface area contributed by atoms with Crippen LogP contribution in [-0.2, 0) is 29.9 Å². The van der Waals surface area contributed by atoms with Crippen molar-refractivity contribution in [1.82, 2.24) is 9.13 Å². The molecule has 15 aromatic rings. The molecule has 4 nitrogen and oxygen atoms in total. The SMILES string of the molecule is [2H]c1c([2H])c([2H])c2c(c1[2H])c1cc(C([2H])([2H])C(C)(C)C)ccc1n2-c1ccc2c(c1)N(c1c(-c3ccccc3)cc(C(C)(C)C)cc1-c1ccccc1)c1cc(C([2H])([2H])C(C)(C)C)cc3c1B2c1ccc(-n2c4ccc(C([2H])([2H])C(C)(C)C)cc4c4c([2H])c([2H])c([2H])c([2H])c42)cc1N3c1c(-c2ccccc2)cc(C(C)(C)C)cc1-c1ccccc1. The van der Waals surface area contributed by atoms with E-state index in [1.54, 1.807) is 24.3 Å². The van der Waals surface area contributed by atoms with Gasteiger partial charge in [-0.05, 0) is 210 Å². The molecule has 0 N–H and O–H groups in total. The first kappa shape index (κ1) is 53.8. The molecular formula is C101H97BN4. The van der Waals surface area contributed by atoms with Crippen molar-refractivity contribution in [1.29, 1.82) is 0 Å². The van der Waals surface area contributed by atoms with Gasteiger partial charge in [0.05, 0.1) is 44.4 Å². The minimum Gasteiger partial charge on any atom is -0.310 e. The molecule has 524 valence electrons. The zero-order valence-electron chi connectivity index (χ0n) is 77.3. The van der Waals surface area contributed by atoms with Gasteiger partial charge in [0.1, 0.15) is 0 Å². The number of para-hydroxylation sites is 2. The lowest BCUT2D eigenvalue weighted by Gasteiger charge is -2.46. The maximum absolute atomic E-state index is 10.9. The van der Waals surface area contributed by atoms with E-state index >= 15 is 0 Å². The first-order chi connectivity index (χ1) is 56.3. The summed E-state index contributed by atoms with van der Waals surface area (Å²) in [7, 11) is 0. The number of aromatic nitrogens is 2. The third kappa shape index (κ3) is 12.2. The number of anilines is 6. The van der Waals surface area contributed by atoms with Gasteiger partial charge in [-0.3, -0.25) is 0 Å². The van der Waals surface area contributed by atoms with Crippen molar-refractivity contribution in [3.8, 4) is 55.9 Å². The topological polar surface area (TPSA) is 16.3 Å². The van der Waals surface area contributed by atoms with Crippen molar-refractivity contribution in [2.24, 2.45) is 16.2 Å². The van der Waals surface area contributed by atoms with E-state index in [0.717, 1.165) is 83.4 Å². The summed E-state index contributed by atoms with van der Waals surface area (Å²) in [4.78, 5) is 4.68. The Kier molecular flexibility index (Phi) is 12.9. The number of nitrogens with zero attached hydrogens (tertiary/aromatic N) is 4. The number of benzene rings is 13. The zero-order chi connectivity index (χ0) is 85.9. The van der Waals surface area contributed by atoms with Crippen molar-refractivity contribution >= 4 is 101 Å². The molecule has 0 unspecified atom stereocenters. The molecule has 0 aliphatic carbocycles. The van der Waals surface area contributed by atoms with Gasteiger partial charge in [0, 0.05) is 86.1 Å². The third-order valence-electron chi connectivity index (χ3n) is 20.6. The monoisotopic (exact) mass is 1390 g/mol. The molecule has 0 saturated carbocycles. The first-order valence-corrected chi connectivity index (χ1v) is 37.1. The predicted octanol–water partition coefficient (Wildman–Crippen LogP) is 26.0. The van der Waals surface area contributed by atoms with Crippen LogP contribution in [-0.4, -0.2) is 15.8 Å². The molecule has 2 aliphatic heterocycles. The highest BCUT2D eigenvalue weighted by Crippen LogP contribution is 2.56. The van der Waals surface area contributed by atoms with E-state index in [9.17, 15) is 19.2 Å². The Balaban J connectivity index is 1.10. The van der Waals surface area contributed by atoms with Gasteiger partial charge in [-0.1, -0.05) is 286 Å². The minimum atomic E-state index is -2.11. The number of hydrogen-bond acceptors (Lipinski definition) is 2. The Bertz CT molecular complexity index is 6250. The number of hydrogen-bond donors (Lipinski definition) is 0. The van der Waals surface area contributed by atoms with Crippen LogP contribution in [0, 0.1) is 16.2 Å². The van der Waals surface area contributed by atoms with Crippen molar-refractivity contribution in [2.45, 2.75) is 134 Å². The molecule has 0 spiro atoms. The average molecular weight is 1390 g/mol. The fourth-order valence-electron chi connectivity index (χ4n) is 16.2. The van der Waals surface area contributed by atoms with Gasteiger partial charge in [0.25, 0.3) is 6.71 Å². The van der Waals surface area contributed by atoms with E-state index in [1.165, 1.54) is 0 Å². The van der Waals surface area contributed by atoms with Crippen LogP contribution >= 0.6 is 0 Å². The fourth-order valence-corrected chi connectivity index (χ4v) is 16.2. The molecule has 0 atom stereocenters. The Hall–Kier alpha value is -10.9. The second-order valence-corrected chi connectivity index (χ2v) is 34.0. The summed E-state index contributed by atoms with van der Waals surface area (Å²) < 4.78 is 141. The van der Waals surface area contributed by atoms with Crippen LogP contribution in [0.3, 0.4) is 0 Å². The molecule has 0 bridgehead atoms. The lowest BCUT2D eigenvalue weighted by Crippen LogP contribution is -2.61. The summed E-state index contributed by atoms with van der Waals surface area (Å²) in [5, 5.41) is 1.36. The molecule has 106 heavy (non-hydrogen) atoms. The second kappa shape index (κ2) is 25.4. The largest absolute Gasteiger partial charge is 0.310 e. The Labute approximate surface area is 648 Å². The smallest absolute Gasteiger partial charge is 0.252 e. The Morgan fingerprint density at radius 2 is 0.642 bits per heavy atom. The van der Waals surface area contributed by atoms with Crippen LogP contribution in [0.4, 0.5) is 34.1 Å². The van der Waals surface area contributed by atoms with Crippen LogP contribution < -0.4 is 26.2 Å². The predicted molar refractivity (Wildman–Crippen MR) is 458 cm³/mol. The van der Waals surface area contributed by atoms with Crippen molar-refractivity contribution in [3.05, 3.63) is 307 Å². The highest BCUT2D eigenvalue weighted by atomic mass is 15.2. The zero-order valence-corrected chi connectivity index (χ0v) is 63.3. The molecule has 17 rings (SSSR count). The summed E-state index contributed by atoms with van der Waals surface area (Å²) in [6.07, 6.45) is -5.90. The van der Waals surface area contributed by atoms with E-state index in [1.807, 2.05) is 169 Å². The molecule has 5 heteroatoms. The average Bonchev–Trinajstić information content (AvgIpc) is 0.702. The summed E-state index contributed by atoms with van der Waals surface area (Å²) >= 11 is 0. The van der Waals surface area contributed by atoms with Crippen LogP contribution in [0.25, 0.3) is 99.5 Å². The van der Waals surface area contributed by atoms with Gasteiger partial charge < -0.3 is 18.9 Å². The quantitative estimate of drug-likeness (QED) is 0.120. The van der Waals surface area contributed by atoms with Gasteiger partial charge in [-0.25, -0.2) is 0 Å². The second-order valence-electron chi connectivity index (χ2n) is 34.0. The van der Waals surface area contributed by atoms with Crippen LogP contribution in [0.2, 0.25) is 0 Å². The third-order valence-corrected chi connectivity index (χ3v) is 20.6. The molecular weight excluding hydrogens is 1280 g/mol. The highest BCUT2D eigenvalue weighted by Gasteiger charge is 2.46. The van der Waals surface area contributed by atoms with Crippen molar-refractivity contribution in [2.75, 3.05) is 9.80 Å². The maximum Gasteiger partial charge on any atom is 0.252 e. The van der Waals surface area contributed by atoms with Gasteiger partial charge in [-0.2, -0.15) is 0 Å². The number of rotatable bonds is 11. The molecule has 2 aliphatic rings. The van der Waals surface area contributed by atoms with E-state index in [0.29, 0.717) is 72.6 Å². The highest BCUT2D eigenvalue weighted by molar-refractivity contribution is 7.00. The van der Waals surface area contributed by atoms with E-state index in [4.69, 9.17) is 0 Å². The summed E-state index contributed by atoms with van der Waals surface area (Å²) in [5.41, 5.74) is 15.8. The minimum absolute atomic E-state index is 0.200. The van der Waals surface area contributed by atoms with E-state index < -0.39 is 77.1 Å². The van der Waals surface area contributed by atoms with Gasteiger partial charge in [-0.15, -0.1) is 0 Å². The number of fused-ring (bicyclic) bond motifs is 10. The molecule has 13 aromatic carbocycles. The van der Waals surface area contributed by atoms with E-state index in [-0.39, 0.29) is 46.0 Å². The maximum atomic E-state index is 10.9. The lowest BCUT2D eigenvalue weighted by molar-refractivity contribution is 0.411. The fraction of sp³-hybridized carbons (Fsp3) is 0.228. The van der Waals surface area contributed by atoms with Gasteiger partial charge in [0.15, 0.2) is 0 Å². The first-order valence-electron chi connectivity index (χ1n) is 44.1. The molecule has 4 heterocycles. The van der Waals surface area contributed by atoms with Crippen LogP contribution in [0.5, 0.6) is 0 Å². The summed E-state index contributed by atoms with van der Waals surface area (Å²) in [6.45, 7) is 29.4. The van der Waals surface area contributed by atoms with Gasteiger partial charge in [0.2, 0.25) is 0 Å². The van der Waals surface area contributed by atoms with Crippen LogP contribution in [0.15, 0.2) is 279 Å². The molecule has 0 radical (unpaired) electrons. The summed E-state index contributed by atoms with van der Waals surface area (Å²) in [6, 6.07) is 75.3. The van der Waals surface area contributed by atoms with E-state index in [2.05, 4.69) is 161 Å². The molecule has 0 fully saturated rings. The Morgan fingerprint density at radius 1 is 0.311 bits per heavy atom. The summed E-state index contributed by atoms with van der Waals surface area (Å²) in [5.74, 6) is 0. The Morgan fingerprint density at radius 3 is 0.972 bits per heavy atom. The standard InChI is InChI=1S/C101H97BN4/c1-97(2,3)62-65-44-50-88-82(52-65)76-40-28-30-42-86(76)103(88)74-46-48-84-90(60-74)105(95-78(68-32-20-16-21-33-68)56-72(100(10,11)12)57-79(95)69-34-22-17-23-35-69)92-54-67(64-99(7,8)9)55-93-94(92)102(84)85-49-47-75(104-87-43-31-29-41-77(87)83-53-66(45-51-89(83)104)63-98(4,5)6)61-91(85)106(93)96-80(70-36-24-18-25-37-70)58-73(101(13,14)15)59-81(96)71-38-26-19-27-39-71/h16-61H,62-64H2,1-15H3/i28D,29D,30D,31D,40D,41D,42D,43D,62D2,63D2,64D2. The molecule has 0 saturated heterocycles. The lowest BCUT2D eigenvalue weighted by atomic mass is 9.33. The van der Waals surface area contributed by atoms with Crippen molar-refractivity contribution < 1.29 is 19.2 Å².